The van der Waals surface area contributed by atoms with Crippen molar-refractivity contribution in [3.8, 4) is 5.75 Å². The van der Waals surface area contributed by atoms with Crippen molar-refractivity contribution in [2.75, 3.05) is 13.2 Å². The van der Waals surface area contributed by atoms with E-state index < -0.39 is 18.2 Å². The van der Waals surface area contributed by atoms with Crippen LogP contribution >= 0.6 is 11.6 Å². The highest BCUT2D eigenvalue weighted by Crippen LogP contribution is 2.32. The van der Waals surface area contributed by atoms with Crippen molar-refractivity contribution in [3.63, 3.8) is 0 Å². The lowest BCUT2D eigenvalue weighted by Gasteiger charge is -2.21. The van der Waals surface area contributed by atoms with Gasteiger partial charge in [0.15, 0.2) is 5.69 Å². The van der Waals surface area contributed by atoms with Gasteiger partial charge in [-0.15, -0.1) is 0 Å². The number of nitrogens with one attached hydrogen (secondary N) is 1. The van der Waals surface area contributed by atoms with Gasteiger partial charge in [0.05, 0.1) is 18.5 Å². The number of halogens is 4. The molecular weight excluding hydrogens is 507 g/mol. The number of carboxylic acid groups (broad SMARTS) is 1. The number of carboxylic acids is 1. The van der Waals surface area contributed by atoms with E-state index in [1.807, 2.05) is 0 Å². The Balaban J connectivity index is 0.000000278. The van der Waals surface area contributed by atoms with E-state index >= 15 is 0 Å². The fourth-order valence-electron chi connectivity index (χ4n) is 3.58. The summed E-state index contributed by atoms with van der Waals surface area (Å²) in [5, 5.41) is 11.7. The van der Waals surface area contributed by atoms with Gasteiger partial charge in [0.2, 0.25) is 0 Å². The van der Waals surface area contributed by atoms with E-state index in [1.54, 1.807) is 12.1 Å². The Labute approximate surface area is 222 Å². The van der Waals surface area contributed by atoms with Gasteiger partial charge in [-0.25, -0.2) is 9.78 Å². The number of rotatable bonds is 15. The molecular formula is C27H37ClF3N3O3. The Hall–Kier alpha value is -2.39. The van der Waals surface area contributed by atoms with Crippen molar-refractivity contribution in [1.82, 2.24) is 15.3 Å². The molecule has 2 heterocycles. The highest BCUT2D eigenvalue weighted by molar-refractivity contribution is 6.32. The first kappa shape index (κ1) is 30.8. The summed E-state index contributed by atoms with van der Waals surface area (Å²) in [6.45, 7) is 3.16. The summed E-state index contributed by atoms with van der Waals surface area (Å²) in [7, 11) is 0. The first-order valence-electron chi connectivity index (χ1n) is 12.9. The van der Waals surface area contributed by atoms with Crippen LogP contribution in [0, 0.1) is 5.92 Å². The molecule has 0 radical (unpaired) electrons. The average molecular weight is 544 g/mol. The summed E-state index contributed by atoms with van der Waals surface area (Å²) in [6, 6.07) is 4.30. The quantitative estimate of drug-likeness (QED) is 0.225. The Morgan fingerprint density at radius 1 is 1.14 bits per heavy atom. The van der Waals surface area contributed by atoms with Gasteiger partial charge in [0, 0.05) is 12.3 Å². The van der Waals surface area contributed by atoms with Crippen molar-refractivity contribution in [3.05, 3.63) is 53.1 Å². The van der Waals surface area contributed by atoms with Crippen LogP contribution in [0.4, 0.5) is 13.2 Å². The molecule has 10 heteroatoms. The van der Waals surface area contributed by atoms with Crippen molar-refractivity contribution in [1.29, 1.82) is 0 Å². The molecule has 0 saturated heterocycles. The fraction of sp³-hybridized carbons (Fsp3) is 0.593. The lowest BCUT2D eigenvalue weighted by Crippen LogP contribution is -2.35. The smallest absolute Gasteiger partial charge is 0.409 e. The molecule has 37 heavy (non-hydrogen) atoms. The molecule has 1 saturated carbocycles. The minimum Gasteiger partial charge on any atom is -0.492 e. The van der Waals surface area contributed by atoms with Crippen molar-refractivity contribution < 1.29 is 27.8 Å². The van der Waals surface area contributed by atoms with E-state index in [4.69, 9.17) is 21.4 Å². The number of hydrogen-bond donors (Lipinski definition) is 2. The van der Waals surface area contributed by atoms with Crippen molar-refractivity contribution in [2.24, 2.45) is 5.92 Å². The summed E-state index contributed by atoms with van der Waals surface area (Å²) >= 11 is 5.82. The van der Waals surface area contributed by atoms with Crippen LogP contribution < -0.4 is 10.1 Å². The van der Waals surface area contributed by atoms with Gasteiger partial charge < -0.3 is 15.2 Å². The molecule has 0 unspecified atom stereocenters. The van der Waals surface area contributed by atoms with E-state index in [9.17, 15) is 18.0 Å². The molecule has 0 bridgehead atoms. The van der Waals surface area contributed by atoms with Gasteiger partial charge in [-0.1, -0.05) is 69.5 Å². The Kier molecular flexibility index (Phi) is 13.7. The van der Waals surface area contributed by atoms with Gasteiger partial charge in [-0.3, -0.25) is 4.98 Å². The third-order valence-electron chi connectivity index (χ3n) is 5.90. The van der Waals surface area contributed by atoms with Crippen molar-refractivity contribution >= 4 is 17.6 Å². The summed E-state index contributed by atoms with van der Waals surface area (Å²) < 4.78 is 44.6. The number of unbranched alkanes of at least 4 members (excludes halogenated alkanes) is 7. The molecule has 1 atom stereocenters. The Morgan fingerprint density at radius 3 is 2.38 bits per heavy atom. The van der Waals surface area contributed by atoms with E-state index in [0.29, 0.717) is 29.8 Å². The predicted octanol–water partition coefficient (Wildman–Crippen LogP) is 7.64. The molecule has 0 aromatic carbocycles. The van der Waals surface area contributed by atoms with Crippen molar-refractivity contribution in [2.45, 2.75) is 83.4 Å². The first-order valence-corrected chi connectivity index (χ1v) is 13.3. The zero-order valence-electron chi connectivity index (χ0n) is 21.3. The molecule has 2 aromatic rings. The van der Waals surface area contributed by atoms with Crippen LogP contribution in [-0.2, 0) is 0 Å². The molecule has 3 rings (SSSR count). The SMILES string of the molecule is CCCCCCCCCCN[C@H](c1ccccn1)C(F)(F)F.O=C(O)c1cc(OCC2CC2)c(Cl)cn1. The Bertz CT molecular complexity index is 928. The third-order valence-corrected chi connectivity index (χ3v) is 6.18. The van der Waals surface area contributed by atoms with Gasteiger partial charge >= 0.3 is 12.1 Å². The molecule has 2 aromatic heterocycles. The number of hydrogen-bond acceptors (Lipinski definition) is 5. The normalized spacial score (nSPS) is 14.0. The minimum atomic E-state index is -4.31. The molecule has 206 valence electrons. The lowest BCUT2D eigenvalue weighted by molar-refractivity contribution is -0.158. The maximum atomic E-state index is 13.1. The van der Waals surface area contributed by atoms with E-state index in [1.165, 1.54) is 69.5 Å². The van der Waals surface area contributed by atoms with E-state index in [0.717, 1.165) is 19.3 Å². The summed E-state index contributed by atoms with van der Waals surface area (Å²) in [5.74, 6) is -0.0820. The largest absolute Gasteiger partial charge is 0.492 e. The standard InChI is InChI=1S/C17H27F3N2.C10H10ClNO3/c1-2-3-4-5-6-7-8-10-14-22-16(17(18,19)20)15-12-9-11-13-21-15;11-7-4-12-8(10(13)14)3-9(7)15-5-6-1-2-6/h9,11-13,16,22H,2-8,10,14H2,1H3;3-4,6H,1-2,5H2,(H,13,14)/t16-;/m1./s1. The van der Waals surface area contributed by atoms with Crippen LogP contribution in [-0.4, -0.2) is 40.4 Å². The first-order chi connectivity index (χ1) is 17.7. The third kappa shape index (κ3) is 12.6. The van der Waals surface area contributed by atoms with Gasteiger partial charge in [0.25, 0.3) is 0 Å². The highest BCUT2D eigenvalue weighted by Gasteiger charge is 2.41. The number of aromatic carboxylic acids is 1. The topological polar surface area (TPSA) is 84.3 Å². The maximum Gasteiger partial charge on any atom is 0.409 e. The number of alkyl halides is 3. The van der Waals surface area contributed by atoms with Crippen LogP contribution in [0.25, 0.3) is 0 Å². The second-order valence-corrected chi connectivity index (χ2v) is 9.62. The fourth-order valence-corrected chi connectivity index (χ4v) is 3.74. The minimum absolute atomic E-state index is 0.0366. The second-order valence-electron chi connectivity index (χ2n) is 9.22. The zero-order valence-corrected chi connectivity index (χ0v) is 22.0. The molecule has 1 aliphatic rings. The number of pyridine rings is 2. The van der Waals surface area contributed by atoms with E-state index in [-0.39, 0.29) is 11.4 Å². The van der Waals surface area contributed by atoms with E-state index in [2.05, 4.69) is 22.2 Å². The lowest BCUT2D eigenvalue weighted by atomic mass is 10.1. The van der Waals surface area contributed by atoms with Crippen LogP contribution in [0.1, 0.15) is 93.4 Å². The molecule has 0 aliphatic heterocycles. The van der Waals surface area contributed by atoms with Crippen LogP contribution in [0.3, 0.4) is 0 Å². The maximum absolute atomic E-state index is 13.1. The molecule has 1 aliphatic carbocycles. The Morgan fingerprint density at radius 2 is 1.81 bits per heavy atom. The monoisotopic (exact) mass is 543 g/mol. The zero-order chi connectivity index (χ0) is 27.1. The number of aromatic nitrogens is 2. The predicted molar refractivity (Wildman–Crippen MR) is 138 cm³/mol. The van der Waals surface area contributed by atoms with Crippen LogP contribution in [0.2, 0.25) is 5.02 Å². The number of ether oxygens (including phenoxy) is 1. The van der Waals surface area contributed by atoms with Gasteiger partial charge in [-0.2, -0.15) is 13.2 Å². The summed E-state index contributed by atoms with van der Waals surface area (Å²) in [4.78, 5) is 18.1. The van der Waals surface area contributed by atoms with Crippen LogP contribution in [0.5, 0.6) is 5.75 Å². The summed E-state index contributed by atoms with van der Waals surface area (Å²) in [5.41, 5.74) is -0.0141. The highest BCUT2D eigenvalue weighted by atomic mass is 35.5. The molecule has 1 fully saturated rings. The number of nitrogens with zero attached hydrogens (tertiary/aromatic N) is 2. The number of carbonyl (C=O) groups is 1. The molecule has 0 spiro atoms. The molecule has 6 nitrogen and oxygen atoms in total. The van der Waals surface area contributed by atoms with Crippen LogP contribution in [0.15, 0.2) is 36.7 Å². The van der Waals surface area contributed by atoms with Gasteiger partial charge in [0.1, 0.15) is 16.8 Å². The van der Waals surface area contributed by atoms with Gasteiger partial charge in [-0.05, 0) is 43.9 Å². The molecule has 2 N–H and O–H groups in total. The molecule has 0 amide bonds. The average Bonchev–Trinajstić information content (AvgIpc) is 3.69. The second kappa shape index (κ2) is 16.5. The summed E-state index contributed by atoms with van der Waals surface area (Å²) in [6.07, 6.45) is 9.78.